The highest BCUT2D eigenvalue weighted by Gasteiger charge is 2.10. The van der Waals surface area contributed by atoms with Crippen LogP contribution in [0.1, 0.15) is 4.88 Å². The number of fused-ring (bicyclic) bond motifs is 1. The van der Waals surface area contributed by atoms with Gasteiger partial charge in [0, 0.05) is 16.6 Å². The summed E-state index contributed by atoms with van der Waals surface area (Å²) in [4.78, 5) is 10.1. The van der Waals surface area contributed by atoms with Crippen LogP contribution in [0.5, 0.6) is 0 Å². The molecule has 0 saturated heterocycles. The molecule has 3 rings (SSSR count). The van der Waals surface area contributed by atoms with Crippen LogP contribution in [0.3, 0.4) is 0 Å². The zero-order valence-electron chi connectivity index (χ0n) is 10.4. The highest BCUT2D eigenvalue weighted by atomic mass is 32.1. The molecule has 0 saturated carbocycles. The van der Waals surface area contributed by atoms with Crippen molar-refractivity contribution < 1.29 is 8.78 Å². The van der Waals surface area contributed by atoms with E-state index in [1.807, 2.05) is 13.0 Å². The monoisotopic (exact) mass is 292 g/mol. The molecule has 3 aromatic rings. The van der Waals surface area contributed by atoms with Crippen LogP contribution >= 0.6 is 11.3 Å². The first-order valence-electron chi connectivity index (χ1n) is 5.78. The molecule has 0 aliphatic carbocycles. The number of nitrogen functional groups attached to an aromatic ring is 1. The van der Waals surface area contributed by atoms with Crippen LogP contribution in [0.2, 0.25) is 0 Å². The lowest BCUT2D eigenvalue weighted by molar-refractivity contribution is 0.509. The van der Waals surface area contributed by atoms with Gasteiger partial charge in [0.1, 0.15) is 10.6 Å². The number of hydrogen-bond acceptors (Lipinski definition) is 5. The van der Waals surface area contributed by atoms with E-state index < -0.39 is 11.6 Å². The minimum atomic E-state index is -0.922. The van der Waals surface area contributed by atoms with Crippen molar-refractivity contribution in [1.29, 1.82) is 0 Å². The Balaban J connectivity index is 2.07. The molecular formula is C13H10F2N4S. The number of benzene rings is 1. The molecule has 0 unspecified atom stereocenters. The largest absolute Gasteiger partial charge is 0.368 e. The van der Waals surface area contributed by atoms with Gasteiger partial charge in [0.15, 0.2) is 11.6 Å². The molecule has 4 nitrogen and oxygen atoms in total. The Hall–Kier alpha value is -2.28. The smallest absolute Gasteiger partial charge is 0.223 e. The van der Waals surface area contributed by atoms with E-state index in [9.17, 15) is 8.78 Å². The summed E-state index contributed by atoms with van der Waals surface area (Å²) in [6, 6.07) is 5.47. The quantitative estimate of drug-likeness (QED) is 0.757. The van der Waals surface area contributed by atoms with Gasteiger partial charge < -0.3 is 11.1 Å². The number of rotatable bonds is 2. The summed E-state index contributed by atoms with van der Waals surface area (Å²) in [5.41, 5.74) is 6.05. The lowest BCUT2D eigenvalue weighted by atomic mass is 10.3. The number of halogens is 2. The third-order valence-corrected chi connectivity index (χ3v) is 3.66. The second-order valence-electron chi connectivity index (χ2n) is 4.26. The van der Waals surface area contributed by atoms with Crippen LogP contribution in [0.15, 0.2) is 24.3 Å². The topological polar surface area (TPSA) is 63.8 Å². The highest BCUT2D eigenvalue weighted by molar-refractivity contribution is 7.18. The molecule has 20 heavy (non-hydrogen) atoms. The summed E-state index contributed by atoms with van der Waals surface area (Å²) in [6.45, 7) is 1.95. The second-order valence-corrected chi connectivity index (χ2v) is 5.49. The van der Waals surface area contributed by atoms with Gasteiger partial charge >= 0.3 is 0 Å². The summed E-state index contributed by atoms with van der Waals surface area (Å²) < 4.78 is 26.1. The molecule has 0 spiro atoms. The van der Waals surface area contributed by atoms with Gasteiger partial charge in [0.25, 0.3) is 0 Å². The molecule has 102 valence electrons. The fourth-order valence-electron chi connectivity index (χ4n) is 1.86. The normalized spacial score (nSPS) is 10.9. The molecule has 0 fully saturated rings. The number of anilines is 3. The zero-order chi connectivity index (χ0) is 14.3. The van der Waals surface area contributed by atoms with Gasteiger partial charge in [-0.2, -0.15) is 4.98 Å². The summed E-state index contributed by atoms with van der Waals surface area (Å²) in [7, 11) is 0. The van der Waals surface area contributed by atoms with E-state index in [2.05, 4.69) is 15.3 Å². The molecular weight excluding hydrogens is 282 g/mol. The van der Waals surface area contributed by atoms with Gasteiger partial charge in [-0.15, -0.1) is 11.3 Å². The van der Waals surface area contributed by atoms with E-state index >= 15 is 0 Å². The molecule has 2 heterocycles. The minimum Gasteiger partial charge on any atom is -0.368 e. The number of nitrogens with two attached hydrogens (primary N) is 1. The number of nitrogens with zero attached hydrogens (tertiary/aromatic N) is 2. The first-order valence-corrected chi connectivity index (χ1v) is 6.60. The highest BCUT2D eigenvalue weighted by Crippen LogP contribution is 2.30. The van der Waals surface area contributed by atoms with Crippen molar-refractivity contribution in [2.45, 2.75) is 6.92 Å². The molecule has 0 amide bonds. The predicted molar refractivity (Wildman–Crippen MR) is 76.2 cm³/mol. The third kappa shape index (κ3) is 2.27. The summed E-state index contributed by atoms with van der Waals surface area (Å²) in [5.74, 6) is -1.21. The fraction of sp³-hybridized carbons (Fsp3) is 0.0769. The Kier molecular flexibility index (Phi) is 2.98. The maximum absolute atomic E-state index is 13.2. The number of aryl methyl sites for hydroxylation is 1. The predicted octanol–water partition coefficient (Wildman–Crippen LogP) is 3.60. The van der Waals surface area contributed by atoms with Gasteiger partial charge in [-0.3, -0.25) is 0 Å². The summed E-state index contributed by atoms with van der Waals surface area (Å²) in [5, 5.41) is 3.74. The van der Waals surface area contributed by atoms with Gasteiger partial charge in [-0.25, -0.2) is 13.8 Å². The molecule has 3 N–H and O–H groups in total. The van der Waals surface area contributed by atoms with Crippen molar-refractivity contribution in [3.8, 4) is 0 Å². The zero-order valence-corrected chi connectivity index (χ0v) is 11.3. The van der Waals surface area contributed by atoms with E-state index in [4.69, 9.17) is 5.73 Å². The Bertz CT molecular complexity index is 800. The van der Waals surface area contributed by atoms with Crippen molar-refractivity contribution in [2.75, 3.05) is 11.1 Å². The molecule has 7 heteroatoms. The SMILES string of the molecule is Cc1cc2c(Nc3ccc(F)c(F)c3)nc(N)nc2s1. The average molecular weight is 292 g/mol. The van der Waals surface area contributed by atoms with Crippen LogP contribution in [0.25, 0.3) is 10.2 Å². The number of nitrogens with one attached hydrogen (secondary N) is 1. The minimum absolute atomic E-state index is 0.129. The first kappa shape index (κ1) is 12.7. The lowest BCUT2D eigenvalue weighted by Gasteiger charge is -2.07. The lowest BCUT2D eigenvalue weighted by Crippen LogP contribution is -2.00. The number of hydrogen-bond donors (Lipinski definition) is 2. The molecule has 0 bridgehead atoms. The van der Waals surface area contributed by atoms with Crippen LogP contribution in [0, 0.1) is 18.6 Å². The standard InChI is InChI=1S/C13H10F2N4S/c1-6-4-8-11(18-13(16)19-12(8)20-6)17-7-2-3-9(14)10(15)5-7/h2-5H,1H3,(H3,16,17,18,19). The van der Waals surface area contributed by atoms with Crippen LogP contribution < -0.4 is 11.1 Å². The van der Waals surface area contributed by atoms with Gasteiger partial charge in [-0.1, -0.05) is 0 Å². The van der Waals surface area contributed by atoms with Crippen LogP contribution in [-0.2, 0) is 0 Å². The van der Waals surface area contributed by atoms with Crippen LogP contribution in [0.4, 0.5) is 26.2 Å². The summed E-state index contributed by atoms with van der Waals surface area (Å²) in [6.07, 6.45) is 0. The molecule has 0 aliphatic heterocycles. The van der Waals surface area contributed by atoms with Gasteiger partial charge in [0.05, 0.1) is 5.39 Å². The summed E-state index contributed by atoms with van der Waals surface area (Å²) >= 11 is 1.49. The van der Waals surface area contributed by atoms with Crippen LogP contribution in [-0.4, -0.2) is 9.97 Å². The van der Waals surface area contributed by atoms with Gasteiger partial charge in [0.2, 0.25) is 5.95 Å². The molecule has 0 aliphatic rings. The second kappa shape index (κ2) is 4.68. The van der Waals surface area contributed by atoms with E-state index in [1.165, 1.54) is 17.4 Å². The Morgan fingerprint density at radius 3 is 2.70 bits per heavy atom. The van der Waals surface area contributed by atoms with E-state index in [1.54, 1.807) is 0 Å². The molecule has 2 aromatic heterocycles. The third-order valence-electron chi connectivity index (χ3n) is 2.72. The van der Waals surface area contributed by atoms with Gasteiger partial charge in [-0.05, 0) is 25.1 Å². The van der Waals surface area contributed by atoms with E-state index in [-0.39, 0.29) is 5.95 Å². The maximum Gasteiger partial charge on any atom is 0.223 e. The van der Waals surface area contributed by atoms with Crippen molar-refractivity contribution in [3.63, 3.8) is 0 Å². The number of thiophene rings is 1. The van der Waals surface area contributed by atoms with Crippen molar-refractivity contribution in [1.82, 2.24) is 9.97 Å². The fourth-order valence-corrected chi connectivity index (χ4v) is 2.75. The van der Waals surface area contributed by atoms with E-state index in [0.717, 1.165) is 27.2 Å². The molecule has 1 aromatic carbocycles. The maximum atomic E-state index is 13.2. The average Bonchev–Trinajstić information content (AvgIpc) is 2.74. The Morgan fingerprint density at radius 2 is 1.95 bits per heavy atom. The van der Waals surface area contributed by atoms with Crippen molar-refractivity contribution in [3.05, 3.63) is 40.8 Å². The first-order chi connectivity index (χ1) is 9.52. The molecule has 0 radical (unpaired) electrons. The van der Waals surface area contributed by atoms with Crippen molar-refractivity contribution in [2.24, 2.45) is 0 Å². The number of aromatic nitrogens is 2. The Labute approximate surface area is 117 Å². The van der Waals surface area contributed by atoms with Crippen molar-refractivity contribution >= 4 is 39.0 Å². The Morgan fingerprint density at radius 1 is 1.15 bits per heavy atom. The molecule has 0 atom stereocenters. The van der Waals surface area contributed by atoms with E-state index in [0.29, 0.717) is 11.5 Å².